The predicted octanol–water partition coefficient (Wildman–Crippen LogP) is 6.24. The third-order valence-electron chi connectivity index (χ3n) is 5.13. The van der Waals surface area contributed by atoms with Gasteiger partial charge >= 0.3 is 0 Å². The molecule has 0 saturated carbocycles. The normalized spacial score (nSPS) is 13.8. The van der Waals surface area contributed by atoms with Crippen molar-refractivity contribution >= 4 is 28.7 Å². The Hall–Kier alpha value is -3.52. The molecule has 0 amide bonds. The number of para-hydroxylation sites is 1. The highest BCUT2D eigenvalue weighted by Gasteiger charge is 2.27. The maximum atomic E-state index is 6.39. The van der Waals surface area contributed by atoms with E-state index >= 15 is 0 Å². The van der Waals surface area contributed by atoms with Gasteiger partial charge in [-0.05, 0) is 28.7 Å². The number of furan rings is 1. The fourth-order valence-electron chi connectivity index (χ4n) is 3.90. The summed E-state index contributed by atoms with van der Waals surface area (Å²) < 4.78 is 8.29. The lowest BCUT2D eigenvalue weighted by Gasteiger charge is -2.19. The highest BCUT2D eigenvalue weighted by atomic mass is 16.3. The molecule has 0 saturated heterocycles. The molecule has 5 rings (SSSR count). The monoisotopic (exact) mass is 349 g/mol. The average molecular weight is 349 g/mol. The topological polar surface area (TPSA) is 14.3 Å². The first-order valence-corrected chi connectivity index (χ1v) is 9.06. The molecule has 0 unspecified atom stereocenters. The molecule has 0 radical (unpaired) electrons. The largest absolute Gasteiger partial charge is 0.286 e. The second-order valence-electron chi connectivity index (χ2n) is 6.84. The number of fused-ring (bicyclic) bond motifs is 3. The summed E-state index contributed by atoms with van der Waals surface area (Å²) in [6.45, 7) is 6.29. The molecule has 0 aliphatic carbocycles. The van der Waals surface area contributed by atoms with Gasteiger partial charge in [-0.3, -0.25) is 8.99 Å². The van der Waals surface area contributed by atoms with Crippen LogP contribution < -0.4 is 0 Å². The Morgan fingerprint density at radius 3 is 2.63 bits per heavy atom. The number of aryl methyl sites for hydroxylation is 1. The van der Waals surface area contributed by atoms with Gasteiger partial charge in [-0.25, -0.2) is 0 Å². The molecule has 0 fully saturated rings. The molecular weight excluding hydrogens is 330 g/mol. The van der Waals surface area contributed by atoms with Crippen LogP contribution in [-0.4, -0.2) is 11.3 Å². The second kappa shape index (κ2) is 6.03. The molecule has 1 aromatic heterocycles. The molecule has 2 nitrogen and oxygen atoms in total. The molecule has 0 atom stereocenters. The zero-order chi connectivity index (χ0) is 18.4. The number of benzene rings is 3. The number of hydrogen-bond donors (Lipinski definition) is 0. The summed E-state index contributed by atoms with van der Waals surface area (Å²) in [6.07, 6.45) is 8.08. The van der Waals surface area contributed by atoms with E-state index in [2.05, 4.69) is 62.2 Å². The molecule has 1 aliphatic rings. The molecule has 0 spiro atoms. The fourth-order valence-corrected chi connectivity index (χ4v) is 3.90. The Kier molecular flexibility index (Phi) is 3.51. The average Bonchev–Trinajstić information content (AvgIpc) is 3.08. The van der Waals surface area contributed by atoms with Crippen molar-refractivity contribution in [2.75, 3.05) is 0 Å². The van der Waals surface area contributed by atoms with Gasteiger partial charge in [0.25, 0.3) is 11.2 Å². The van der Waals surface area contributed by atoms with Crippen LogP contribution in [0.25, 0.3) is 33.1 Å². The second-order valence-corrected chi connectivity index (χ2v) is 6.84. The van der Waals surface area contributed by atoms with E-state index in [1.54, 1.807) is 0 Å². The molecular formula is C25H19NO. The van der Waals surface area contributed by atoms with Gasteiger partial charge in [0.15, 0.2) is 6.04 Å². The maximum Gasteiger partial charge on any atom is 0.278 e. The van der Waals surface area contributed by atoms with E-state index < -0.39 is 0 Å². The van der Waals surface area contributed by atoms with Crippen LogP contribution >= 0.6 is 0 Å². The third kappa shape index (κ3) is 2.42. The standard InChI is InChI=1S/C25H19NO/c1-17-16-20(18-10-4-3-5-11-18)24-19-12-6-7-14-22(19)27-25(24)23(17)21-13-8-9-15-26(21)2/h3-16H,2H2,1H3. The summed E-state index contributed by atoms with van der Waals surface area (Å²) in [6, 6.07) is 22.1. The fraction of sp³-hybridized carbons (Fsp3) is 0.0400. The van der Waals surface area contributed by atoms with Gasteiger partial charge in [0.1, 0.15) is 6.20 Å². The number of allylic oxidation sites excluding steroid dienone is 2. The number of rotatable bonds is 2. The molecule has 130 valence electrons. The van der Waals surface area contributed by atoms with Gasteiger partial charge in [-0.15, -0.1) is 24.3 Å². The quantitative estimate of drug-likeness (QED) is 0.237. The maximum absolute atomic E-state index is 6.39. The first-order chi connectivity index (χ1) is 13.2. The zero-order valence-corrected chi connectivity index (χ0v) is 15.1. The van der Waals surface area contributed by atoms with Crippen LogP contribution in [-0.2, 0) is 0 Å². The van der Waals surface area contributed by atoms with Crippen LogP contribution in [0.15, 0.2) is 89.5 Å². The van der Waals surface area contributed by atoms with E-state index in [0.29, 0.717) is 0 Å². The van der Waals surface area contributed by atoms with Crippen LogP contribution in [0.3, 0.4) is 0 Å². The van der Waals surface area contributed by atoms with Crippen molar-refractivity contribution in [3.8, 4) is 11.1 Å². The van der Waals surface area contributed by atoms with Crippen LogP contribution in [0.2, 0.25) is 0 Å². The van der Waals surface area contributed by atoms with Gasteiger partial charge < -0.3 is 0 Å². The van der Waals surface area contributed by atoms with Crippen molar-refractivity contribution in [3.63, 3.8) is 0 Å². The van der Waals surface area contributed by atoms with Crippen molar-refractivity contribution in [1.29, 1.82) is 0 Å². The molecule has 27 heavy (non-hydrogen) atoms. The Bertz CT molecular complexity index is 1240. The first kappa shape index (κ1) is 15.7. The Labute approximate surface area is 158 Å². The minimum atomic E-state index is 0.906. The lowest BCUT2D eigenvalue weighted by atomic mass is 9.90. The number of nitrogens with zero attached hydrogens (tertiary/aromatic N) is 1. The van der Waals surface area contributed by atoms with Crippen LogP contribution in [0, 0.1) is 13.0 Å². The van der Waals surface area contributed by atoms with Crippen LogP contribution in [0.4, 0.5) is 0 Å². The summed E-state index contributed by atoms with van der Waals surface area (Å²) in [4.78, 5) is 0. The predicted molar refractivity (Wildman–Crippen MR) is 112 cm³/mol. The van der Waals surface area contributed by atoms with Gasteiger partial charge in [0.2, 0.25) is 0 Å². The minimum absolute atomic E-state index is 0.906. The van der Waals surface area contributed by atoms with Crippen molar-refractivity contribution in [2.45, 2.75) is 6.92 Å². The lowest BCUT2D eigenvalue weighted by molar-refractivity contribution is -0.417. The third-order valence-corrected chi connectivity index (χ3v) is 5.13. The molecule has 2 heteroatoms. The van der Waals surface area contributed by atoms with Crippen molar-refractivity contribution in [1.82, 2.24) is 0 Å². The molecule has 0 N–H and O–H groups in total. The highest BCUT2D eigenvalue weighted by Crippen LogP contribution is 2.42. The molecule has 4 aromatic rings. The van der Waals surface area contributed by atoms with E-state index in [0.717, 1.165) is 33.5 Å². The summed E-state index contributed by atoms with van der Waals surface area (Å²) >= 11 is 0. The minimum Gasteiger partial charge on any atom is -0.286 e. The van der Waals surface area contributed by atoms with Crippen molar-refractivity contribution in [3.05, 3.63) is 102 Å². The van der Waals surface area contributed by atoms with E-state index in [1.807, 2.05) is 41.1 Å². The summed E-state index contributed by atoms with van der Waals surface area (Å²) in [7, 11) is 0. The molecule has 2 heterocycles. The van der Waals surface area contributed by atoms with Gasteiger partial charge in [-0.1, -0.05) is 55.0 Å². The van der Waals surface area contributed by atoms with Crippen molar-refractivity contribution < 1.29 is 8.99 Å². The lowest BCUT2D eigenvalue weighted by Crippen LogP contribution is -2.14. The number of hydrogen-bond acceptors (Lipinski definition) is 0. The molecule has 1 aliphatic heterocycles. The Balaban J connectivity index is 1.91. The summed E-state index contributed by atoms with van der Waals surface area (Å²) in [5, 5.41) is 2.29. The summed E-state index contributed by atoms with van der Waals surface area (Å²) in [5.41, 5.74) is 6.48. The molecule has 0 bridgehead atoms. The van der Waals surface area contributed by atoms with Gasteiger partial charge in [0.05, 0.1) is 12.3 Å². The van der Waals surface area contributed by atoms with E-state index in [1.165, 1.54) is 16.7 Å². The smallest absolute Gasteiger partial charge is 0.278 e. The van der Waals surface area contributed by atoms with Crippen molar-refractivity contribution in [2.24, 2.45) is 0 Å². The van der Waals surface area contributed by atoms with E-state index in [9.17, 15) is 0 Å². The van der Waals surface area contributed by atoms with Crippen LogP contribution in [0.1, 0.15) is 11.1 Å². The first-order valence-electron chi connectivity index (χ1n) is 9.06. The van der Waals surface area contributed by atoms with Gasteiger partial charge in [0, 0.05) is 5.39 Å². The van der Waals surface area contributed by atoms with Crippen LogP contribution in [0.5, 0.6) is 0 Å². The van der Waals surface area contributed by atoms with Gasteiger partial charge in [-0.2, -0.15) is 0 Å². The molecule has 3 aromatic carbocycles. The zero-order valence-electron chi connectivity index (χ0n) is 15.1. The highest BCUT2D eigenvalue weighted by molar-refractivity contribution is 6.14. The Morgan fingerprint density at radius 2 is 1.81 bits per heavy atom. The van der Waals surface area contributed by atoms with E-state index in [-0.39, 0.29) is 0 Å². The van der Waals surface area contributed by atoms with E-state index in [4.69, 9.17) is 4.42 Å². The summed E-state index contributed by atoms with van der Waals surface area (Å²) in [5.74, 6) is 0. The Morgan fingerprint density at radius 1 is 1.00 bits per heavy atom. The SMILES string of the molecule is C=[N+]1C=CC=C[C-]1c1c(C)cc(-c2ccccc2)c2c1[o+][c-]1ccccc21.